The van der Waals surface area contributed by atoms with Crippen molar-refractivity contribution in [3.63, 3.8) is 0 Å². The van der Waals surface area contributed by atoms with Gasteiger partial charge in [-0.15, -0.1) is 0 Å². The minimum Gasteiger partial charge on any atom is -0.361 e. The predicted molar refractivity (Wildman–Crippen MR) is 84.7 cm³/mol. The highest BCUT2D eigenvalue weighted by Gasteiger charge is 2.07. The summed E-state index contributed by atoms with van der Waals surface area (Å²) >= 11 is 0. The fourth-order valence-electron chi connectivity index (χ4n) is 2.67. The fourth-order valence-corrected chi connectivity index (χ4v) is 2.67. The van der Waals surface area contributed by atoms with Crippen LogP contribution in [0.3, 0.4) is 0 Å². The summed E-state index contributed by atoms with van der Waals surface area (Å²) in [6.45, 7) is 5.27. The molecule has 1 atom stereocenters. The number of H-pyrrole nitrogens is 1. The third-order valence-corrected chi connectivity index (χ3v) is 3.89. The Morgan fingerprint density at radius 1 is 1.10 bits per heavy atom. The lowest BCUT2D eigenvalue weighted by Gasteiger charge is -2.16. The van der Waals surface area contributed by atoms with Crippen LogP contribution in [0.1, 0.15) is 29.7 Å². The number of rotatable bonds is 4. The van der Waals surface area contributed by atoms with Gasteiger partial charge in [0.1, 0.15) is 0 Å². The van der Waals surface area contributed by atoms with Gasteiger partial charge in [0.15, 0.2) is 0 Å². The molecular weight excluding hydrogens is 244 g/mol. The first-order valence-corrected chi connectivity index (χ1v) is 7.09. The van der Waals surface area contributed by atoms with Gasteiger partial charge >= 0.3 is 0 Å². The standard InChI is InChI=1S/C18H20N2/c1-13-5-3-4-6-17(13)14(2)20-12-15-7-8-18-16(11-15)9-10-19-18/h3-11,14,19-20H,12H2,1-2H3. The van der Waals surface area contributed by atoms with Gasteiger partial charge in [-0.3, -0.25) is 0 Å². The summed E-state index contributed by atoms with van der Waals surface area (Å²) in [5, 5.41) is 4.87. The molecule has 3 aromatic rings. The molecule has 0 aliphatic rings. The molecule has 2 nitrogen and oxygen atoms in total. The predicted octanol–water partition coefficient (Wildman–Crippen LogP) is 4.33. The number of aryl methyl sites for hydroxylation is 1. The van der Waals surface area contributed by atoms with E-state index in [2.05, 4.69) is 72.7 Å². The van der Waals surface area contributed by atoms with E-state index < -0.39 is 0 Å². The molecule has 0 fully saturated rings. The van der Waals surface area contributed by atoms with E-state index in [0.29, 0.717) is 6.04 Å². The summed E-state index contributed by atoms with van der Waals surface area (Å²) in [6, 6.07) is 17.6. The summed E-state index contributed by atoms with van der Waals surface area (Å²) in [4.78, 5) is 3.22. The van der Waals surface area contributed by atoms with Crippen LogP contribution in [-0.4, -0.2) is 4.98 Å². The summed E-state index contributed by atoms with van der Waals surface area (Å²) in [5.41, 5.74) is 5.22. The summed E-state index contributed by atoms with van der Waals surface area (Å²) in [6.07, 6.45) is 1.98. The zero-order valence-electron chi connectivity index (χ0n) is 12.0. The van der Waals surface area contributed by atoms with Crippen molar-refractivity contribution >= 4 is 10.9 Å². The van der Waals surface area contributed by atoms with Crippen molar-refractivity contribution in [2.75, 3.05) is 0 Å². The molecule has 2 N–H and O–H groups in total. The van der Waals surface area contributed by atoms with Gasteiger partial charge in [-0.2, -0.15) is 0 Å². The van der Waals surface area contributed by atoms with Gasteiger partial charge < -0.3 is 10.3 Å². The fraction of sp³-hybridized carbons (Fsp3) is 0.222. The molecule has 1 aromatic heterocycles. The van der Waals surface area contributed by atoms with E-state index in [0.717, 1.165) is 6.54 Å². The first-order valence-electron chi connectivity index (χ1n) is 7.09. The van der Waals surface area contributed by atoms with Crippen LogP contribution in [0, 0.1) is 6.92 Å². The Hall–Kier alpha value is -2.06. The lowest BCUT2D eigenvalue weighted by Crippen LogP contribution is -2.18. The Kier molecular flexibility index (Phi) is 3.57. The quantitative estimate of drug-likeness (QED) is 0.721. The van der Waals surface area contributed by atoms with Gasteiger partial charge in [0, 0.05) is 24.3 Å². The Bertz CT molecular complexity index is 712. The van der Waals surface area contributed by atoms with Crippen LogP contribution in [0.25, 0.3) is 10.9 Å². The molecule has 0 aliphatic heterocycles. The van der Waals surface area contributed by atoms with E-state index in [1.54, 1.807) is 0 Å². The van der Waals surface area contributed by atoms with Crippen LogP contribution in [0.15, 0.2) is 54.7 Å². The third kappa shape index (κ3) is 2.61. The van der Waals surface area contributed by atoms with Crippen molar-refractivity contribution in [2.45, 2.75) is 26.4 Å². The van der Waals surface area contributed by atoms with Gasteiger partial charge in [-0.05, 0) is 54.1 Å². The van der Waals surface area contributed by atoms with E-state index in [1.165, 1.54) is 27.6 Å². The number of aromatic nitrogens is 1. The van der Waals surface area contributed by atoms with Crippen LogP contribution >= 0.6 is 0 Å². The zero-order chi connectivity index (χ0) is 13.9. The minimum absolute atomic E-state index is 0.359. The van der Waals surface area contributed by atoms with Crippen molar-refractivity contribution < 1.29 is 0 Å². The van der Waals surface area contributed by atoms with E-state index >= 15 is 0 Å². The van der Waals surface area contributed by atoms with Gasteiger partial charge in [0.05, 0.1) is 0 Å². The number of hydrogen-bond acceptors (Lipinski definition) is 1. The highest BCUT2D eigenvalue weighted by atomic mass is 14.9. The molecule has 0 bridgehead atoms. The second-order valence-corrected chi connectivity index (χ2v) is 5.36. The Morgan fingerprint density at radius 2 is 1.95 bits per heavy atom. The number of nitrogens with one attached hydrogen (secondary N) is 2. The maximum atomic E-state index is 3.60. The molecule has 0 radical (unpaired) electrons. The Balaban J connectivity index is 1.71. The van der Waals surface area contributed by atoms with Crippen LogP contribution in [0.2, 0.25) is 0 Å². The van der Waals surface area contributed by atoms with Gasteiger partial charge in [-0.25, -0.2) is 0 Å². The Morgan fingerprint density at radius 3 is 2.80 bits per heavy atom. The molecule has 0 amide bonds. The average Bonchev–Trinajstić information content (AvgIpc) is 2.92. The van der Waals surface area contributed by atoms with Crippen molar-refractivity contribution in [2.24, 2.45) is 0 Å². The molecule has 2 heteroatoms. The molecule has 3 rings (SSSR count). The maximum absolute atomic E-state index is 3.60. The first kappa shape index (κ1) is 12.9. The molecule has 0 saturated heterocycles. The SMILES string of the molecule is Cc1ccccc1C(C)NCc1ccc2[nH]ccc2c1. The molecule has 1 heterocycles. The first-order chi connectivity index (χ1) is 9.74. The number of fused-ring (bicyclic) bond motifs is 1. The number of benzene rings is 2. The van der Waals surface area contributed by atoms with E-state index in [4.69, 9.17) is 0 Å². The maximum Gasteiger partial charge on any atom is 0.0454 e. The summed E-state index contributed by atoms with van der Waals surface area (Å²) in [7, 11) is 0. The highest BCUT2D eigenvalue weighted by molar-refractivity contribution is 5.79. The molecule has 0 spiro atoms. The Labute approximate surface area is 119 Å². The number of hydrogen-bond donors (Lipinski definition) is 2. The molecule has 1 unspecified atom stereocenters. The zero-order valence-corrected chi connectivity index (χ0v) is 12.0. The van der Waals surface area contributed by atoms with E-state index in [9.17, 15) is 0 Å². The second-order valence-electron chi connectivity index (χ2n) is 5.36. The van der Waals surface area contributed by atoms with Gasteiger partial charge in [-0.1, -0.05) is 30.3 Å². The third-order valence-electron chi connectivity index (χ3n) is 3.89. The smallest absolute Gasteiger partial charge is 0.0454 e. The number of aromatic amines is 1. The molecule has 20 heavy (non-hydrogen) atoms. The van der Waals surface area contributed by atoms with Gasteiger partial charge in [0.25, 0.3) is 0 Å². The van der Waals surface area contributed by atoms with Crippen molar-refractivity contribution in [1.82, 2.24) is 10.3 Å². The highest BCUT2D eigenvalue weighted by Crippen LogP contribution is 2.18. The van der Waals surface area contributed by atoms with Crippen molar-refractivity contribution in [1.29, 1.82) is 0 Å². The van der Waals surface area contributed by atoms with E-state index in [1.807, 2.05) is 6.20 Å². The summed E-state index contributed by atoms with van der Waals surface area (Å²) < 4.78 is 0. The lowest BCUT2D eigenvalue weighted by atomic mass is 10.0. The molecule has 2 aromatic carbocycles. The topological polar surface area (TPSA) is 27.8 Å². The molecule has 102 valence electrons. The van der Waals surface area contributed by atoms with Crippen LogP contribution < -0.4 is 5.32 Å². The lowest BCUT2D eigenvalue weighted by molar-refractivity contribution is 0.572. The minimum atomic E-state index is 0.359. The van der Waals surface area contributed by atoms with Crippen LogP contribution in [-0.2, 0) is 6.54 Å². The molecular formula is C18H20N2. The van der Waals surface area contributed by atoms with E-state index in [-0.39, 0.29) is 0 Å². The normalized spacial score (nSPS) is 12.7. The largest absolute Gasteiger partial charge is 0.361 e. The molecule has 0 saturated carbocycles. The summed E-state index contributed by atoms with van der Waals surface area (Å²) in [5.74, 6) is 0. The van der Waals surface area contributed by atoms with Gasteiger partial charge in [0.2, 0.25) is 0 Å². The second kappa shape index (κ2) is 5.51. The average molecular weight is 264 g/mol. The van der Waals surface area contributed by atoms with Crippen molar-refractivity contribution in [3.8, 4) is 0 Å². The monoisotopic (exact) mass is 264 g/mol. The molecule has 0 aliphatic carbocycles. The van der Waals surface area contributed by atoms with Crippen LogP contribution in [0.4, 0.5) is 0 Å². The van der Waals surface area contributed by atoms with Crippen molar-refractivity contribution in [3.05, 3.63) is 71.4 Å². The van der Waals surface area contributed by atoms with Crippen LogP contribution in [0.5, 0.6) is 0 Å².